The summed E-state index contributed by atoms with van der Waals surface area (Å²) < 4.78 is 59.0. The molecule has 21 heteroatoms. The Labute approximate surface area is 445 Å². The minimum absolute atomic E-state index is 0.0816. The van der Waals surface area contributed by atoms with Crippen LogP contribution in [0, 0.1) is 17.8 Å². The normalized spacial score (nSPS) is 39.7. The zero-order valence-corrected chi connectivity index (χ0v) is 47.4. The third-order valence-electron chi connectivity index (χ3n) is 16.5. The van der Waals surface area contributed by atoms with Gasteiger partial charge in [-0.1, -0.05) is 32.9 Å². The van der Waals surface area contributed by atoms with Gasteiger partial charge in [-0.3, -0.25) is 14.6 Å². The fraction of sp³-hybridized carbons (Fsp3) is 0.815. The fourth-order valence-electron chi connectivity index (χ4n) is 11.7. The van der Waals surface area contributed by atoms with Crippen LogP contribution >= 0.6 is 0 Å². The number of nitrogens with one attached hydrogen (secondary N) is 2. The molecule has 0 bridgehead atoms. The number of hydrazine groups is 2. The van der Waals surface area contributed by atoms with Crippen LogP contribution in [0.2, 0.25) is 0 Å². The molecular formula is C54H93FN6O14. The molecule has 0 aromatic heterocycles. The molecule has 4 heterocycles. The number of esters is 1. The van der Waals surface area contributed by atoms with Gasteiger partial charge in [-0.2, -0.15) is 0 Å². The molecule has 20 nitrogen and oxygen atoms in total. The molecule has 1 aromatic carbocycles. The molecule has 1 amide bonds. The number of hydrogen-bond donors (Lipinski definition) is 7. The van der Waals surface area contributed by atoms with Gasteiger partial charge in [-0.25, -0.2) is 4.39 Å². The summed E-state index contributed by atoms with van der Waals surface area (Å²) in [7, 11) is 10.1. The van der Waals surface area contributed by atoms with Crippen LogP contribution in [0.3, 0.4) is 0 Å². The van der Waals surface area contributed by atoms with Gasteiger partial charge in [-0.05, 0) is 105 Å². The van der Waals surface area contributed by atoms with Crippen molar-refractivity contribution in [2.45, 2.75) is 204 Å². The molecule has 430 valence electrons. The maximum Gasteiger partial charge on any atom is 0.311 e. The number of aliphatic hydroxyl groups is 5. The maximum absolute atomic E-state index is 14.9. The van der Waals surface area contributed by atoms with E-state index in [4.69, 9.17) is 33.2 Å². The number of cyclic esters (lactones) is 1. The number of aliphatic hydroxyl groups excluding tert-OH is 3. The second-order valence-electron chi connectivity index (χ2n) is 22.9. The molecule has 0 saturated carbocycles. The van der Waals surface area contributed by atoms with Crippen molar-refractivity contribution in [3.63, 3.8) is 0 Å². The van der Waals surface area contributed by atoms with Gasteiger partial charge in [0.25, 0.3) is 5.91 Å². The lowest BCUT2D eigenvalue weighted by Gasteiger charge is -2.49. The number of hydrogen-bond acceptors (Lipinski definition) is 19. The van der Waals surface area contributed by atoms with E-state index in [9.17, 15) is 39.5 Å². The van der Waals surface area contributed by atoms with E-state index in [2.05, 4.69) is 11.0 Å². The van der Waals surface area contributed by atoms with E-state index in [1.54, 1.807) is 98.0 Å². The number of carbonyl (C=O) groups excluding carboxylic acids is 2. The van der Waals surface area contributed by atoms with Crippen LogP contribution in [0.25, 0.3) is 0 Å². The Bertz CT molecular complexity index is 2020. The van der Waals surface area contributed by atoms with Crippen molar-refractivity contribution in [2.75, 3.05) is 62.2 Å². The van der Waals surface area contributed by atoms with Crippen molar-refractivity contribution in [2.24, 2.45) is 17.8 Å². The molecule has 0 aliphatic carbocycles. The van der Waals surface area contributed by atoms with Gasteiger partial charge in [0, 0.05) is 89.7 Å². The largest absolute Gasteiger partial charge is 0.459 e. The predicted octanol–water partition coefficient (Wildman–Crippen LogP) is 3.25. The molecule has 3 saturated heterocycles. The highest BCUT2D eigenvalue weighted by Crippen LogP contribution is 2.40. The number of benzene rings is 1. The van der Waals surface area contributed by atoms with Crippen LogP contribution < -0.4 is 11.0 Å². The molecule has 0 spiro atoms. The zero-order valence-electron chi connectivity index (χ0n) is 47.4. The number of halogens is 1. The van der Waals surface area contributed by atoms with E-state index in [0.717, 1.165) is 5.70 Å². The summed E-state index contributed by atoms with van der Waals surface area (Å²) in [5.74, 6) is -3.03. The molecule has 20 atom stereocenters. The van der Waals surface area contributed by atoms with Crippen LogP contribution in [-0.2, 0) is 38.0 Å². The number of nitrogens with zero attached hydrogens (tertiary/aromatic N) is 4. The van der Waals surface area contributed by atoms with Gasteiger partial charge in [0.2, 0.25) is 0 Å². The summed E-state index contributed by atoms with van der Waals surface area (Å²) in [5, 5.41) is 61.5. The van der Waals surface area contributed by atoms with E-state index in [-0.39, 0.29) is 31.1 Å². The molecular weight excluding hydrogens is 976 g/mol. The Kier molecular flexibility index (Phi) is 21.9. The number of alkyl halides is 1. The fourth-order valence-corrected chi connectivity index (χ4v) is 11.7. The topological polar surface area (TPSA) is 237 Å². The first kappa shape index (κ1) is 62.7. The van der Waals surface area contributed by atoms with Gasteiger partial charge in [0.1, 0.15) is 48.8 Å². The highest BCUT2D eigenvalue weighted by molar-refractivity contribution is 5.93. The number of carbonyl (C=O) groups is 2. The summed E-state index contributed by atoms with van der Waals surface area (Å²) >= 11 is 0. The van der Waals surface area contributed by atoms with E-state index in [0.29, 0.717) is 37.1 Å². The lowest BCUT2D eigenvalue weighted by atomic mass is 9.77. The second-order valence-corrected chi connectivity index (χ2v) is 22.9. The maximum atomic E-state index is 14.9. The average Bonchev–Trinajstić information content (AvgIpc) is 3.84. The molecule has 0 unspecified atom stereocenters. The smallest absolute Gasteiger partial charge is 0.311 e. The Balaban J connectivity index is 1.42. The van der Waals surface area contributed by atoms with Crippen molar-refractivity contribution in [3.05, 3.63) is 47.3 Å². The van der Waals surface area contributed by atoms with Crippen molar-refractivity contribution >= 4 is 11.9 Å². The number of likely N-dealkylation sites (N-methyl/N-ethyl adjacent to an activating group) is 2. The van der Waals surface area contributed by atoms with E-state index < -0.39 is 127 Å². The number of ether oxygens (including phenoxy) is 7. The molecule has 3 fully saturated rings. The van der Waals surface area contributed by atoms with Gasteiger partial charge in [-0.15, -0.1) is 5.53 Å². The number of amides is 1. The monoisotopic (exact) mass is 1070 g/mol. The summed E-state index contributed by atoms with van der Waals surface area (Å²) in [5.41, 5.74) is 3.58. The Hall–Kier alpha value is -3.13. The second kappa shape index (κ2) is 26.2. The van der Waals surface area contributed by atoms with Crippen LogP contribution in [0.5, 0.6) is 0 Å². The minimum Gasteiger partial charge on any atom is -0.459 e. The van der Waals surface area contributed by atoms with Gasteiger partial charge in [0.15, 0.2) is 12.6 Å². The lowest BCUT2D eigenvalue weighted by molar-refractivity contribution is -0.318. The van der Waals surface area contributed by atoms with Crippen LogP contribution in [-0.4, -0.2) is 216 Å². The summed E-state index contributed by atoms with van der Waals surface area (Å²) in [6.07, 6.45) is -7.89. The molecule has 7 N–H and O–H groups in total. The zero-order chi connectivity index (χ0) is 56.1. The molecule has 4 aliphatic rings. The third-order valence-corrected chi connectivity index (χ3v) is 16.5. The van der Waals surface area contributed by atoms with Crippen LogP contribution in [0.1, 0.15) is 123 Å². The Morgan fingerprint density at radius 1 is 0.960 bits per heavy atom. The van der Waals surface area contributed by atoms with E-state index in [1.807, 2.05) is 37.7 Å². The van der Waals surface area contributed by atoms with Gasteiger partial charge >= 0.3 is 5.97 Å². The minimum atomic E-state index is -1.86. The lowest BCUT2D eigenvalue weighted by Crippen LogP contribution is -2.61. The van der Waals surface area contributed by atoms with Gasteiger partial charge < -0.3 is 78.8 Å². The predicted molar refractivity (Wildman–Crippen MR) is 278 cm³/mol. The van der Waals surface area contributed by atoms with Crippen molar-refractivity contribution in [3.8, 4) is 0 Å². The molecule has 5 rings (SSSR count). The van der Waals surface area contributed by atoms with E-state index in [1.165, 1.54) is 26.0 Å². The SMILES string of the molecule is CC[C@H]1OC(=O)[C@H](C)[C@@H](O[C@H]2C[C@@](C)(OC)[C@@H](O)[C@H](C)O2)[C@H](C)[C@@H](O[C@@H]2O[C@H](C)C[C@H](N(C)CCC3=CN([C@H](CF)[C@H](OC)c4ccc(C(=O)N(C)C)cc4)NN3)[C@H]2O)[C@](C)(O)C[C@@H](C)CN(C)[C@H](C)[C@@H](O)[C@]1(C)O. The van der Waals surface area contributed by atoms with Crippen LogP contribution in [0.4, 0.5) is 4.39 Å². The summed E-state index contributed by atoms with van der Waals surface area (Å²) in [6, 6.07) is 5.09. The third kappa shape index (κ3) is 14.6. The van der Waals surface area contributed by atoms with Crippen LogP contribution in [0.15, 0.2) is 36.2 Å². The number of rotatable bonds is 16. The van der Waals surface area contributed by atoms with Crippen molar-refractivity contribution < 1.29 is 72.7 Å². The average molecular weight is 1070 g/mol. The van der Waals surface area contributed by atoms with Crippen molar-refractivity contribution in [1.29, 1.82) is 0 Å². The summed E-state index contributed by atoms with van der Waals surface area (Å²) in [4.78, 5) is 32.4. The Morgan fingerprint density at radius 2 is 1.61 bits per heavy atom. The van der Waals surface area contributed by atoms with E-state index >= 15 is 0 Å². The highest BCUT2D eigenvalue weighted by Gasteiger charge is 2.53. The first-order chi connectivity index (χ1) is 35.0. The molecule has 75 heavy (non-hydrogen) atoms. The molecule has 1 aromatic rings. The van der Waals surface area contributed by atoms with Gasteiger partial charge in [0.05, 0.1) is 41.5 Å². The standard InChI is InChI=1S/C54H93FN6O14/c1-17-41-54(10,68)46(63)34(6)60(14)28-30(2)25-52(8,67)48(32(4)44(33(5)50(66)73-41)74-42-26-53(9,70-16)47(64)35(7)72-42)75-51-43(62)39(24-31(3)71-51)59(13)23-22-38-29-61(57-56-38)40(27-55)45(69-15)36-18-20-37(21-19-36)49(65)58(11)12/h18-21,29-35,39-48,51,56-57,62-64,67-68H,17,22-28H2,1-16H3/t30-,31-,32+,33-,34-,35+,39+,40-,41-,42+,43-,44+,45-,46-,47+,48-,51+,52-,53-,54-/m1/s1. The summed E-state index contributed by atoms with van der Waals surface area (Å²) in [6.45, 7) is 17.5. The molecule has 0 radical (unpaired) electrons. The highest BCUT2D eigenvalue weighted by atomic mass is 19.1. The molecule has 4 aliphatic heterocycles. The Morgan fingerprint density at radius 3 is 2.20 bits per heavy atom. The number of methoxy groups -OCH3 is 2. The first-order valence-corrected chi connectivity index (χ1v) is 26.7. The van der Waals surface area contributed by atoms with Crippen molar-refractivity contribution in [1.82, 2.24) is 30.7 Å². The first-order valence-electron chi connectivity index (χ1n) is 26.7. The quantitative estimate of drug-likeness (QED) is 0.118.